The Bertz CT molecular complexity index is 440. The molecule has 0 aromatic heterocycles. The largest absolute Gasteiger partial charge is 0.478 e. The van der Waals surface area contributed by atoms with Crippen molar-refractivity contribution in [1.29, 1.82) is 0 Å². The predicted molar refractivity (Wildman–Crippen MR) is 54.2 cm³/mol. The van der Waals surface area contributed by atoms with Gasteiger partial charge in [-0.2, -0.15) is 0 Å². The molecule has 0 aliphatic carbocycles. The second kappa shape index (κ2) is 4.23. The fourth-order valence-corrected chi connectivity index (χ4v) is 1.03. The van der Waals surface area contributed by atoms with Gasteiger partial charge in [0.2, 0.25) is 0 Å². The van der Waals surface area contributed by atoms with Crippen LogP contribution in [0.5, 0.6) is 0 Å². The Balaban J connectivity index is 3.18. The molecule has 3 N–H and O–H groups in total. The second-order valence-corrected chi connectivity index (χ2v) is 2.75. The summed E-state index contributed by atoms with van der Waals surface area (Å²) >= 11 is 0. The topological polar surface area (TPSA) is 106 Å². The summed E-state index contributed by atoms with van der Waals surface area (Å²) in [7, 11) is 0. The van der Waals surface area contributed by atoms with Crippen LogP contribution in [0.1, 0.15) is 5.56 Å². The summed E-state index contributed by atoms with van der Waals surface area (Å²) in [4.78, 5) is 20.2. The molecule has 0 radical (unpaired) electrons. The van der Waals surface area contributed by atoms with E-state index < -0.39 is 10.9 Å². The van der Waals surface area contributed by atoms with Crippen molar-refractivity contribution in [3.05, 3.63) is 40.0 Å². The van der Waals surface area contributed by atoms with Crippen LogP contribution in [0.4, 0.5) is 11.4 Å². The van der Waals surface area contributed by atoms with E-state index in [-0.39, 0.29) is 11.3 Å². The number of nitro benzene ring substituents is 1. The van der Waals surface area contributed by atoms with Crippen molar-refractivity contribution in [1.82, 2.24) is 0 Å². The lowest BCUT2D eigenvalue weighted by Crippen LogP contribution is -1.94. The first-order chi connectivity index (χ1) is 7.00. The average Bonchev–Trinajstić information content (AvgIpc) is 2.14. The summed E-state index contributed by atoms with van der Waals surface area (Å²) in [6.07, 6.45) is 1.96. The number of rotatable bonds is 3. The number of hydrogen-bond acceptors (Lipinski definition) is 4. The standard InChI is InChI=1S/C9H8N2O4/c10-7-2-3-8(11(14)15)6(5-7)1-4-9(12)13/h1-5H,10H2,(H,12,13)/b4-1+. The molecule has 78 valence electrons. The molecule has 6 nitrogen and oxygen atoms in total. The number of carboxylic acids is 1. The van der Waals surface area contributed by atoms with Crippen LogP contribution < -0.4 is 5.73 Å². The van der Waals surface area contributed by atoms with E-state index in [0.29, 0.717) is 5.69 Å². The van der Waals surface area contributed by atoms with Crippen LogP contribution in [0, 0.1) is 10.1 Å². The minimum atomic E-state index is -1.17. The van der Waals surface area contributed by atoms with Gasteiger partial charge < -0.3 is 10.8 Å². The maximum absolute atomic E-state index is 10.6. The highest BCUT2D eigenvalue weighted by Gasteiger charge is 2.11. The number of carboxylic acid groups (broad SMARTS) is 1. The molecule has 0 aliphatic heterocycles. The predicted octanol–water partition coefficient (Wildman–Crippen LogP) is 1.27. The summed E-state index contributed by atoms with van der Waals surface area (Å²) < 4.78 is 0. The zero-order chi connectivity index (χ0) is 11.4. The highest BCUT2D eigenvalue weighted by Crippen LogP contribution is 2.22. The first-order valence-electron chi connectivity index (χ1n) is 3.95. The molecule has 1 rings (SSSR count). The van der Waals surface area contributed by atoms with Crippen molar-refractivity contribution in [3.8, 4) is 0 Å². The third-order valence-electron chi connectivity index (χ3n) is 1.65. The van der Waals surface area contributed by atoms with Gasteiger partial charge in [-0.1, -0.05) is 0 Å². The van der Waals surface area contributed by atoms with Crippen LogP contribution in [0.15, 0.2) is 24.3 Å². The summed E-state index contributed by atoms with van der Waals surface area (Å²) in [6, 6.07) is 3.96. The molecule has 0 spiro atoms. The van der Waals surface area contributed by atoms with E-state index in [0.717, 1.165) is 12.2 Å². The lowest BCUT2D eigenvalue weighted by Gasteiger charge is -1.98. The molecule has 0 saturated heterocycles. The number of nitrogen functional groups attached to an aromatic ring is 1. The van der Waals surface area contributed by atoms with Gasteiger partial charge >= 0.3 is 5.97 Å². The first kappa shape index (κ1) is 10.7. The third-order valence-corrected chi connectivity index (χ3v) is 1.65. The van der Waals surface area contributed by atoms with Crippen LogP contribution in [-0.2, 0) is 4.79 Å². The monoisotopic (exact) mass is 208 g/mol. The van der Waals surface area contributed by atoms with E-state index in [1.165, 1.54) is 18.2 Å². The van der Waals surface area contributed by atoms with Crippen molar-refractivity contribution in [2.75, 3.05) is 5.73 Å². The smallest absolute Gasteiger partial charge is 0.328 e. The number of nitro groups is 1. The number of nitrogens with zero attached hydrogens (tertiary/aromatic N) is 1. The third kappa shape index (κ3) is 2.80. The van der Waals surface area contributed by atoms with E-state index in [1.807, 2.05) is 0 Å². The van der Waals surface area contributed by atoms with Crippen LogP contribution in [-0.4, -0.2) is 16.0 Å². The highest BCUT2D eigenvalue weighted by molar-refractivity contribution is 5.86. The van der Waals surface area contributed by atoms with Crippen LogP contribution >= 0.6 is 0 Å². The number of aliphatic carboxylic acids is 1. The van der Waals surface area contributed by atoms with Gasteiger partial charge in [-0.3, -0.25) is 10.1 Å². The molecule has 0 amide bonds. The quantitative estimate of drug-likeness (QED) is 0.336. The number of nitrogens with two attached hydrogens (primary N) is 1. The SMILES string of the molecule is Nc1ccc([N+](=O)[O-])c(/C=C/C(=O)O)c1. The van der Waals surface area contributed by atoms with Gasteiger partial charge in [0.05, 0.1) is 10.5 Å². The maximum atomic E-state index is 10.6. The zero-order valence-corrected chi connectivity index (χ0v) is 7.58. The normalized spacial score (nSPS) is 10.4. The Kier molecular flexibility index (Phi) is 3.02. The molecule has 0 unspecified atom stereocenters. The summed E-state index contributed by atoms with van der Waals surface area (Å²) in [6.45, 7) is 0. The number of benzene rings is 1. The molecule has 6 heteroatoms. The fourth-order valence-electron chi connectivity index (χ4n) is 1.03. The number of carbonyl (C=O) groups is 1. The highest BCUT2D eigenvalue weighted by atomic mass is 16.6. The molecule has 1 aromatic rings. The Morgan fingerprint density at radius 3 is 2.73 bits per heavy atom. The van der Waals surface area contributed by atoms with Gasteiger partial charge in [0.1, 0.15) is 0 Å². The summed E-state index contributed by atoms with van der Waals surface area (Å²) in [5.74, 6) is -1.17. The van der Waals surface area contributed by atoms with Crippen LogP contribution in [0.25, 0.3) is 6.08 Å². The van der Waals surface area contributed by atoms with E-state index in [9.17, 15) is 14.9 Å². The van der Waals surface area contributed by atoms with Gasteiger partial charge in [-0.25, -0.2) is 4.79 Å². The van der Waals surface area contributed by atoms with Gasteiger partial charge in [0.15, 0.2) is 0 Å². The number of hydrogen-bond donors (Lipinski definition) is 2. The average molecular weight is 208 g/mol. The Hall–Kier alpha value is -2.37. The first-order valence-corrected chi connectivity index (χ1v) is 3.95. The van der Waals surface area contributed by atoms with E-state index in [4.69, 9.17) is 10.8 Å². The minimum absolute atomic E-state index is 0.169. The van der Waals surface area contributed by atoms with Gasteiger partial charge in [0.25, 0.3) is 5.69 Å². The fraction of sp³-hybridized carbons (Fsp3) is 0. The van der Waals surface area contributed by atoms with Gasteiger partial charge in [-0.15, -0.1) is 0 Å². The van der Waals surface area contributed by atoms with Crippen molar-refractivity contribution in [2.45, 2.75) is 0 Å². The Labute approximate surface area is 84.8 Å². The number of anilines is 1. The van der Waals surface area contributed by atoms with E-state index in [2.05, 4.69) is 0 Å². The lowest BCUT2D eigenvalue weighted by atomic mass is 10.1. The molecule has 1 aromatic carbocycles. The van der Waals surface area contributed by atoms with Crippen LogP contribution in [0.3, 0.4) is 0 Å². The van der Waals surface area contributed by atoms with E-state index >= 15 is 0 Å². The Morgan fingerprint density at radius 1 is 1.53 bits per heavy atom. The molecular formula is C9H8N2O4. The van der Waals surface area contributed by atoms with Gasteiger partial charge in [-0.05, 0) is 18.2 Å². The molecule has 15 heavy (non-hydrogen) atoms. The summed E-state index contributed by atoms with van der Waals surface area (Å²) in [5, 5.41) is 18.9. The van der Waals surface area contributed by atoms with Gasteiger partial charge in [0, 0.05) is 17.8 Å². The molecule has 0 atom stereocenters. The van der Waals surface area contributed by atoms with Crippen molar-refractivity contribution in [3.63, 3.8) is 0 Å². The Morgan fingerprint density at radius 2 is 2.20 bits per heavy atom. The molecule has 0 fully saturated rings. The van der Waals surface area contributed by atoms with Crippen molar-refractivity contribution < 1.29 is 14.8 Å². The molecule has 0 bridgehead atoms. The van der Waals surface area contributed by atoms with E-state index in [1.54, 1.807) is 0 Å². The maximum Gasteiger partial charge on any atom is 0.328 e. The zero-order valence-electron chi connectivity index (χ0n) is 7.58. The van der Waals surface area contributed by atoms with Crippen molar-refractivity contribution in [2.24, 2.45) is 0 Å². The molecule has 0 aliphatic rings. The summed E-state index contributed by atoms with van der Waals surface area (Å²) in [5.41, 5.74) is 5.76. The second-order valence-electron chi connectivity index (χ2n) is 2.75. The molecule has 0 heterocycles. The van der Waals surface area contributed by atoms with Crippen LogP contribution in [0.2, 0.25) is 0 Å². The lowest BCUT2D eigenvalue weighted by molar-refractivity contribution is -0.385. The van der Waals surface area contributed by atoms with Crippen molar-refractivity contribution >= 4 is 23.4 Å². The molecule has 0 saturated carbocycles. The minimum Gasteiger partial charge on any atom is -0.478 e. The molecular weight excluding hydrogens is 200 g/mol.